The first kappa shape index (κ1) is 18.2. The van der Waals surface area contributed by atoms with Crippen LogP contribution in [0.4, 0.5) is 18.9 Å². The van der Waals surface area contributed by atoms with Crippen LogP contribution in [0, 0.1) is 0 Å². The van der Waals surface area contributed by atoms with Crippen molar-refractivity contribution in [2.24, 2.45) is 0 Å². The van der Waals surface area contributed by atoms with E-state index in [1.807, 2.05) is 6.07 Å². The van der Waals surface area contributed by atoms with Crippen molar-refractivity contribution >= 4 is 17.5 Å². The molecule has 1 fully saturated rings. The molecule has 0 unspecified atom stereocenters. The Hall–Kier alpha value is -2.60. The van der Waals surface area contributed by atoms with E-state index < -0.39 is 11.7 Å². The van der Waals surface area contributed by atoms with Crippen molar-refractivity contribution in [3.05, 3.63) is 71.3 Å². The third-order valence-corrected chi connectivity index (χ3v) is 4.19. The first-order chi connectivity index (χ1) is 12.4. The van der Waals surface area contributed by atoms with Crippen LogP contribution in [0.25, 0.3) is 6.08 Å². The molecule has 1 aliphatic rings. The highest BCUT2D eigenvalue weighted by Gasteiger charge is 2.32. The van der Waals surface area contributed by atoms with Gasteiger partial charge >= 0.3 is 6.18 Å². The van der Waals surface area contributed by atoms with Crippen LogP contribution in [0.3, 0.4) is 0 Å². The van der Waals surface area contributed by atoms with E-state index in [-0.39, 0.29) is 11.3 Å². The van der Waals surface area contributed by atoms with Crippen LogP contribution in [0.2, 0.25) is 0 Å². The van der Waals surface area contributed by atoms with E-state index in [2.05, 4.69) is 4.90 Å². The fourth-order valence-corrected chi connectivity index (χ4v) is 2.84. The van der Waals surface area contributed by atoms with Gasteiger partial charge in [-0.1, -0.05) is 36.4 Å². The molecule has 136 valence electrons. The molecule has 1 heterocycles. The maximum absolute atomic E-state index is 13.0. The number of ketones is 1. The minimum absolute atomic E-state index is 0.0299. The highest BCUT2D eigenvalue weighted by atomic mass is 19.4. The molecular weight excluding hydrogens is 343 g/mol. The van der Waals surface area contributed by atoms with Crippen molar-refractivity contribution in [3.8, 4) is 0 Å². The normalized spacial score (nSPS) is 15.4. The summed E-state index contributed by atoms with van der Waals surface area (Å²) in [5, 5.41) is 0. The molecular formula is C20H18F3NO2. The number of hydrogen-bond acceptors (Lipinski definition) is 3. The van der Waals surface area contributed by atoms with Crippen LogP contribution in [0.5, 0.6) is 0 Å². The lowest BCUT2D eigenvalue weighted by molar-refractivity contribution is -0.137. The quantitative estimate of drug-likeness (QED) is 0.596. The van der Waals surface area contributed by atoms with Crippen LogP contribution < -0.4 is 4.90 Å². The molecule has 26 heavy (non-hydrogen) atoms. The Morgan fingerprint density at radius 2 is 1.77 bits per heavy atom. The van der Waals surface area contributed by atoms with E-state index in [0.29, 0.717) is 18.8 Å². The largest absolute Gasteiger partial charge is 0.416 e. The summed E-state index contributed by atoms with van der Waals surface area (Å²) in [6, 6.07) is 12.3. The average Bonchev–Trinajstić information content (AvgIpc) is 2.66. The third kappa shape index (κ3) is 4.32. The maximum Gasteiger partial charge on any atom is 0.416 e. The molecule has 0 radical (unpaired) electrons. The summed E-state index contributed by atoms with van der Waals surface area (Å²) in [5.41, 5.74) is 0.557. The standard InChI is InChI=1S/C20H18F3NO2/c21-20(22,23)18-7-2-1-4-15(18)8-9-19(25)16-5-3-6-17(14-16)24-10-12-26-13-11-24/h1-9,14H,10-13H2. The molecule has 1 aliphatic heterocycles. The van der Waals surface area contributed by atoms with Crippen molar-refractivity contribution in [2.75, 3.05) is 31.2 Å². The molecule has 0 saturated carbocycles. The molecule has 0 spiro atoms. The summed E-state index contributed by atoms with van der Waals surface area (Å²) in [5.74, 6) is -0.336. The summed E-state index contributed by atoms with van der Waals surface area (Å²) in [6.45, 7) is 2.75. The van der Waals surface area contributed by atoms with E-state index in [4.69, 9.17) is 4.74 Å². The zero-order chi connectivity index (χ0) is 18.6. The van der Waals surface area contributed by atoms with E-state index >= 15 is 0 Å². The van der Waals surface area contributed by atoms with Gasteiger partial charge in [-0.15, -0.1) is 0 Å². The molecule has 2 aromatic rings. The Labute approximate surface area is 149 Å². The van der Waals surface area contributed by atoms with Gasteiger partial charge in [-0.05, 0) is 29.8 Å². The second-order valence-corrected chi connectivity index (χ2v) is 5.93. The van der Waals surface area contributed by atoms with E-state index in [1.165, 1.54) is 30.4 Å². The number of carbonyl (C=O) groups excluding carboxylic acids is 1. The van der Waals surface area contributed by atoms with E-state index in [1.54, 1.807) is 18.2 Å². The second kappa shape index (κ2) is 7.74. The number of hydrogen-bond donors (Lipinski definition) is 0. The first-order valence-corrected chi connectivity index (χ1v) is 8.26. The van der Waals surface area contributed by atoms with Gasteiger partial charge in [0.25, 0.3) is 0 Å². The number of halogens is 3. The molecule has 6 heteroatoms. The van der Waals surface area contributed by atoms with Gasteiger partial charge < -0.3 is 9.64 Å². The van der Waals surface area contributed by atoms with Crippen molar-refractivity contribution in [1.82, 2.24) is 0 Å². The summed E-state index contributed by atoms with van der Waals surface area (Å²) >= 11 is 0. The smallest absolute Gasteiger partial charge is 0.378 e. The number of carbonyl (C=O) groups is 1. The molecule has 3 nitrogen and oxygen atoms in total. The topological polar surface area (TPSA) is 29.5 Å². The molecule has 0 bridgehead atoms. The zero-order valence-electron chi connectivity index (χ0n) is 14.0. The van der Waals surface area contributed by atoms with E-state index in [9.17, 15) is 18.0 Å². The molecule has 1 saturated heterocycles. The Morgan fingerprint density at radius 3 is 2.50 bits per heavy atom. The predicted octanol–water partition coefficient (Wildman–Crippen LogP) is 4.44. The Balaban J connectivity index is 1.79. The molecule has 0 aliphatic carbocycles. The molecule has 2 aromatic carbocycles. The third-order valence-electron chi connectivity index (χ3n) is 4.19. The van der Waals surface area contributed by atoms with Crippen molar-refractivity contribution in [3.63, 3.8) is 0 Å². The van der Waals surface area contributed by atoms with Gasteiger partial charge in [-0.3, -0.25) is 4.79 Å². The number of rotatable bonds is 4. The van der Waals surface area contributed by atoms with Crippen LogP contribution in [-0.4, -0.2) is 32.1 Å². The van der Waals surface area contributed by atoms with E-state index in [0.717, 1.165) is 24.8 Å². The highest BCUT2D eigenvalue weighted by molar-refractivity contribution is 6.07. The summed E-state index contributed by atoms with van der Waals surface area (Å²) in [7, 11) is 0. The minimum atomic E-state index is -4.46. The molecule has 3 rings (SSSR count). The van der Waals surface area contributed by atoms with Gasteiger partial charge in [0.05, 0.1) is 18.8 Å². The number of morpholine rings is 1. The minimum Gasteiger partial charge on any atom is -0.378 e. The Morgan fingerprint density at radius 1 is 1.04 bits per heavy atom. The van der Waals surface area contributed by atoms with Crippen LogP contribution >= 0.6 is 0 Å². The Bertz CT molecular complexity index is 809. The molecule has 0 N–H and O–H groups in total. The van der Waals surface area contributed by atoms with Gasteiger partial charge in [0, 0.05) is 24.3 Å². The molecule has 0 amide bonds. The van der Waals surface area contributed by atoms with Crippen molar-refractivity contribution in [2.45, 2.75) is 6.18 Å². The van der Waals surface area contributed by atoms with Gasteiger partial charge in [0.2, 0.25) is 0 Å². The molecule has 0 atom stereocenters. The van der Waals surface area contributed by atoms with Crippen molar-refractivity contribution in [1.29, 1.82) is 0 Å². The van der Waals surface area contributed by atoms with Gasteiger partial charge in [0.1, 0.15) is 0 Å². The summed E-state index contributed by atoms with van der Waals surface area (Å²) in [6.07, 6.45) is -2.06. The lowest BCUT2D eigenvalue weighted by atomic mass is 10.0. The first-order valence-electron chi connectivity index (χ1n) is 8.26. The predicted molar refractivity (Wildman–Crippen MR) is 94.3 cm³/mol. The monoisotopic (exact) mass is 361 g/mol. The van der Waals surface area contributed by atoms with Gasteiger partial charge in [0.15, 0.2) is 5.78 Å². The number of nitrogens with zero attached hydrogens (tertiary/aromatic N) is 1. The van der Waals surface area contributed by atoms with Crippen LogP contribution in [0.15, 0.2) is 54.6 Å². The lowest BCUT2D eigenvalue weighted by Gasteiger charge is -2.29. The number of benzene rings is 2. The summed E-state index contributed by atoms with van der Waals surface area (Å²) in [4.78, 5) is 14.5. The van der Waals surface area contributed by atoms with Gasteiger partial charge in [-0.25, -0.2) is 0 Å². The van der Waals surface area contributed by atoms with Gasteiger partial charge in [-0.2, -0.15) is 13.2 Å². The highest BCUT2D eigenvalue weighted by Crippen LogP contribution is 2.32. The van der Waals surface area contributed by atoms with Crippen LogP contribution in [0.1, 0.15) is 21.5 Å². The second-order valence-electron chi connectivity index (χ2n) is 5.93. The number of anilines is 1. The zero-order valence-corrected chi connectivity index (χ0v) is 14.0. The van der Waals surface area contributed by atoms with Crippen molar-refractivity contribution < 1.29 is 22.7 Å². The fourth-order valence-electron chi connectivity index (χ4n) is 2.84. The fraction of sp³-hybridized carbons (Fsp3) is 0.250. The summed E-state index contributed by atoms with van der Waals surface area (Å²) < 4.78 is 44.4. The lowest BCUT2D eigenvalue weighted by Crippen LogP contribution is -2.36. The maximum atomic E-state index is 13.0. The van der Waals surface area contributed by atoms with Crippen LogP contribution in [-0.2, 0) is 10.9 Å². The number of allylic oxidation sites excluding steroid dienone is 1. The SMILES string of the molecule is O=C(C=Cc1ccccc1C(F)(F)F)c1cccc(N2CCOCC2)c1. The molecule has 0 aromatic heterocycles. The Kier molecular flexibility index (Phi) is 5.42. The number of ether oxygens (including phenoxy) is 1. The number of alkyl halides is 3. The average molecular weight is 361 g/mol.